The first kappa shape index (κ1) is 11.3. The van der Waals surface area contributed by atoms with Gasteiger partial charge in [-0.3, -0.25) is 5.43 Å². The van der Waals surface area contributed by atoms with Gasteiger partial charge in [0.1, 0.15) is 6.61 Å². The van der Waals surface area contributed by atoms with Gasteiger partial charge in [-0.15, -0.1) is 0 Å². The SMILES string of the molecule is C=CCOC(=O)NNCc1ccccc1. The molecule has 0 unspecified atom stereocenters. The fourth-order valence-electron chi connectivity index (χ4n) is 0.985. The van der Waals surface area contributed by atoms with Crippen molar-refractivity contribution in [2.45, 2.75) is 6.54 Å². The van der Waals surface area contributed by atoms with Crippen molar-refractivity contribution < 1.29 is 9.53 Å². The van der Waals surface area contributed by atoms with E-state index in [4.69, 9.17) is 4.74 Å². The predicted octanol–water partition coefficient (Wildman–Crippen LogP) is 1.60. The van der Waals surface area contributed by atoms with Gasteiger partial charge in [-0.1, -0.05) is 43.0 Å². The molecule has 15 heavy (non-hydrogen) atoms. The van der Waals surface area contributed by atoms with Crippen molar-refractivity contribution in [3.05, 3.63) is 48.6 Å². The van der Waals surface area contributed by atoms with Crippen LogP contribution in [-0.2, 0) is 11.3 Å². The van der Waals surface area contributed by atoms with Crippen LogP contribution in [0.2, 0.25) is 0 Å². The number of amides is 1. The van der Waals surface area contributed by atoms with Crippen LogP contribution in [0.25, 0.3) is 0 Å². The van der Waals surface area contributed by atoms with E-state index in [-0.39, 0.29) is 6.61 Å². The zero-order valence-corrected chi connectivity index (χ0v) is 8.40. The number of nitrogens with one attached hydrogen (secondary N) is 2. The summed E-state index contributed by atoms with van der Waals surface area (Å²) >= 11 is 0. The van der Waals surface area contributed by atoms with Crippen molar-refractivity contribution in [1.29, 1.82) is 0 Å². The summed E-state index contributed by atoms with van der Waals surface area (Å²) in [4.78, 5) is 10.9. The summed E-state index contributed by atoms with van der Waals surface area (Å²) in [6.07, 6.45) is 1.00. The molecule has 0 spiro atoms. The quantitative estimate of drug-likeness (QED) is 0.568. The molecule has 0 aromatic heterocycles. The van der Waals surface area contributed by atoms with Crippen LogP contribution in [0.4, 0.5) is 4.79 Å². The summed E-state index contributed by atoms with van der Waals surface area (Å²) in [5.41, 5.74) is 6.24. The van der Waals surface area contributed by atoms with E-state index < -0.39 is 6.09 Å². The monoisotopic (exact) mass is 206 g/mol. The van der Waals surface area contributed by atoms with Crippen molar-refractivity contribution in [2.75, 3.05) is 6.61 Å². The van der Waals surface area contributed by atoms with Gasteiger partial charge >= 0.3 is 6.09 Å². The minimum absolute atomic E-state index is 0.207. The third kappa shape index (κ3) is 4.83. The van der Waals surface area contributed by atoms with E-state index >= 15 is 0 Å². The van der Waals surface area contributed by atoms with E-state index in [0.29, 0.717) is 6.54 Å². The van der Waals surface area contributed by atoms with Gasteiger partial charge in [0.25, 0.3) is 0 Å². The maximum absolute atomic E-state index is 10.9. The van der Waals surface area contributed by atoms with Crippen LogP contribution < -0.4 is 10.9 Å². The lowest BCUT2D eigenvalue weighted by atomic mass is 10.2. The second-order valence-corrected chi connectivity index (χ2v) is 2.85. The molecule has 0 aliphatic rings. The highest BCUT2D eigenvalue weighted by molar-refractivity contribution is 5.66. The molecule has 1 rings (SSSR count). The number of hydrogen-bond acceptors (Lipinski definition) is 3. The fourth-order valence-corrected chi connectivity index (χ4v) is 0.985. The van der Waals surface area contributed by atoms with Crippen molar-refractivity contribution in [3.63, 3.8) is 0 Å². The summed E-state index contributed by atoms with van der Waals surface area (Å²) in [5, 5.41) is 0. The van der Waals surface area contributed by atoms with Crippen LogP contribution >= 0.6 is 0 Å². The van der Waals surface area contributed by atoms with Crippen molar-refractivity contribution in [3.8, 4) is 0 Å². The van der Waals surface area contributed by atoms with Crippen LogP contribution in [0.1, 0.15) is 5.56 Å². The predicted molar refractivity (Wildman–Crippen MR) is 58.0 cm³/mol. The van der Waals surface area contributed by atoms with Gasteiger partial charge in [0.05, 0.1) is 0 Å². The van der Waals surface area contributed by atoms with E-state index in [1.165, 1.54) is 6.08 Å². The minimum atomic E-state index is -0.508. The van der Waals surface area contributed by atoms with E-state index in [1.807, 2.05) is 30.3 Å². The Kier molecular flexibility index (Phi) is 4.97. The minimum Gasteiger partial charge on any atom is -0.444 e. The number of carbonyl (C=O) groups is 1. The van der Waals surface area contributed by atoms with Crippen LogP contribution in [0.15, 0.2) is 43.0 Å². The molecule has 0 saturated heterocycles. The fraction of sp³-hybridized carbons (Fsp3) is 0.182. The second-order valence-electron chi connectivity index (χ2n) is 2.85. The zero-order valence-electron chi connectivity index (χ0n) is 8.40. The molecule has 0 atom stereocenters. The molecule has 2 N–H and O–H groups in total. The maximum Gasteiger partial charge on any atom is 0.421 e. The standard InChI is InChI=1S/C11H14N2O2/c1-2-8-15-11(14)13-12-9-10-6-4-3-5-7-10/h2-7,12H,1,8-9H2,(H,13,14). The summed E-state index contributed by atoms with van der Waals surface area (Å²) in [7, 11) is 0. The molecule has 80 valence electrons. The molecule has 1 amide bonds. The van der Waals surface area contributed by atoms with E-state index in [1.54, 1.807) is 0 Å². The largest absolute Gasteiger partial charge is 0.444 e. The van der Waals surface area contributed by atoms with Gasteiger partial charge < -0.3 is 4.74 Å². The molecule has 4 nitrogen and oxygen atoms in total. The molecule has 0 aliphatic carbocycles. The highest BCUT2D eigenvalue weighted by Gasteiger charge is 1.97. The topological polar surface area (TPSA) is 50.4 Å². The smallest absolute Gasteiger partial charge is 0.421 e. The van der Waals surface area contributed by atoms with Crippen LogP contribution in [0, 0.1) is 0 Å². The number of carbonyl (C=O) groups excluding carboxylic acids is 1. The molecule has 0 heterocycles. The van der Waals surface area contributed by atoms with Crippen LogP contribution in [0.5, 0.6) is 0 Å². The lowest BCUT2D eigenvalue weighted by Gasteiger charge is -2.06. The van der Waals surface area contributed by atoms with Gasteiger partial charge in [-0.2, -0.15) is 0 Å². The summed E-state index contributed by atoms with van der Waals surface area (Å²) in [6, 6.07) is 9.74. The molecule has 1 aromatic rings. The Balaban J connectivity index is 2.16. The molecule has 0 aliphatic heterocycles. The first-order valence-corrected chi connectivity index (χ1v) is 4.63. The highest BCUT2D eigenvalue weighted by atomic mass is 16.5. The number of hydrogen-bond donors (Lipinski definition) is 2. The van der Waals surface area contributed by atoms with Gasteiger partial charge in [-0.05, 0) is 5.56 Å². The second kappa shape index (κ2) is 6.62. The van der Waals surface area contributed by atoms with Gasteiger partial charge in [-0.25, -0.2) is 10.2 Å². The maximum atomic E-state index is 10.9. The Morgan fingerprint density at radius 3 is 2.80 bits per heavy atom. The van der Waals surface area contributed by atoms with Crippen molar-refractivity contribution >= 4 is 6.09 Å². The van der Waals surface area contributed by atoms with Gasteiger partial charge in [0, 0.05) is 6.54 Å². The molecule has 0 fully saturated rings. The Bertz CT molecular complexity index is 312. The number of hydrazine groups is 1. The van der Waals surface area contributed by atoms with E-state index in [0.717, 1.165) is 5.56 Å². The van der Waals surface area contributed by atoms with Crippen molar-refractivity contribution in [2.24, 2.45) is 0 Å². The molecule has 0 bridgehead atoms. The third-order valence-electron chi connectivity index (χ3n) is 1.66. The zero-order chi connectivity index (χ0) is 10.9. The normalized spacial score (nSPS) is 9.33. The lowest BCUT2D eigenvalue weighted by molar-refractivity contribution is 0.153. The van der Waals surface area contributed by atoms with Gasteiger partial charge in [0.2, 0.25) is 0 Å². The Morgan fingerprint density at radius 2 is 2.13 bits per heavy atom. The molecule has 0 saturated carbocycles. The first-order chi connectivity index (χ1) is 7.33. The molecule has 1 aromatic carbocycles. The summed E-state index contributed by atoms with van der Waals surface area (Å²) in [6.45, 7) is 4.20. The Labute approximate surface area is 88.9 Å². The van der Waals surface area contributed by atoms with Crippen LogP contribution in [0.3, 0.4) is 0 Å². The average Bonchev–Trinajstić information content (AvgIpc) is 2.28. The molecular weight excluding hydrogens is 192 g/mol. The molecule has 0 radical (unpaired) electrons. The van der Waals surface area contributed by atoms with Crippen molar-refractivity contribution in [1.82, 2.24) is 10.9 Å². The van der Waals surface area contributed by atoms with Gasteiger partial charge in [0.15, 0.2) is 0 Å². The highest BCUT2D eigenvalue weighted by Crippen LogP contribution is 1.95. The van der Waals surface area contributed by atoms with E-state index in [9.17, 15) is 4.79 Å². The Morgan fingerprint density at radius 1 is 1.40 bits per heavy atom. The third-order valence-corrected chi connectivity index (χ3v) is 1.66. The average molecular weight is 206 g/mol. The molecular formula is C11H14N2O2. The lowest BCUT2D eigenvalue weighted by Crippen LogP contribution is -2.37. The first-order valence-electron chi connectivity index (χ1n) is 4.63. The van der Waals surface area contributed by atoms with E-state index in [2.05, 4.69) is 17.4 Å². The number of rotatable bonds is 5. The van der Waals surface area contributed by atoms with Crippen LogP contribution in [-0.4, -0.2) is 12.7 Å². The number of ether oxygens (including phenoxy) is 1. The summed E-state index contributed by atoms with van der Waals surface area (Å²) in [5.74, 6) is 0. The number of benzene rings is 1. The summed E-state index contributed by atoms with van der Waals surface area (Å²) < 4.78 is 4.70. The Hall–Kier alpha value is -1.81. The molecule has 4 heteroatoms.